The average Bonchev–Trinajstić information content (AvgIpc) is 2.33. The predicted molar refractivity (Wildman–Crippen MR) is 48.2 cm³/mol. The Morgan fingerprint density at radius 3 is 2.92 bits per heavy atom. The number of rotatable bonds is 3. The van der Waals surface area contributed by atoms with Gasteiger partial charge in [0, 0.05) is 18.3 Å². The van der Waals surface area contributed by atoms with Gasteiger partial charge in [0.15, 0.2) is 0 Å². The fraction of sp³-hybridized carbons (Fsp3) is 0.500. The van der Waals surface area contributed by atoms with E-state index in [0.717, 1.165) is 5.82 Å². The molecule has 0 spiro atoms. The topological polar surface area (TPSA) is 67.7 Å². The molecule has 0 amide bonds. The zero-order valence-electron chi connectivity index (χ0n) is 7.41. The van der Waals surface area contributed by atoms with Crippen LogP contribution in [0, 0.1) is 5.41 Å². The molecule has 0 atom stereocenters. The van der Waals surface area contributed by atoms with Gasteiger partial charge < -0.3 is 10.3 Å². The fourth-order valence-corrected chi connectivity index (χ4v) is 1.14. The molecule has 0 saturated heterocycles. The predicted octanol–water partition coefficient (Wildman–Crippen LogP) is 0.942. The normalized spacial score (nSPS) is 10.6. The van der Waals surface area contributed by atoms with Crippen LogP contribution in [-0.4, -0.2) is 15.4 Å². The van der Waals surface area contributed by atoms with Crippen molar-refractivity contribution < 1.29 is 0 Å². The molecule has 4 nitrogen and oxygen atoms in total. The van der Waals surface area contributed by atoms with E-state index in [4.69, 9.17) is 11.1 Å². The van der Waals surface area contributed by atoms with Crippen LogP contribution in [0.1, 0.15) is 25.6 Å². The zero-order valence-corrected chi connectivity index (χ0v) is 7.41. The van der Waals surface area contributed by atoms with Gasteiger partial charge in [-0.25, -0.2) is 4.98 Å². The van der Waals surface area contributed by atoms with Crippen LogP contribution in [0.15, 0.2) is 12.4 Å². The van der Waals surface area contributed by atoms with Gasteiger partial charge >= 0.3 is 0 Å². The summed E-state index contributed by atoms with van der Waals surface area (Å²) in [6, 6.07) is 0. The molecular weight excluding hydrogens is 152 g/mol. The molecule has 0 fully saturated rings. The Morgan fingerprint density at radius 2 is 2.42 bits per heavy atom. The third-order valence-corrected chi connectivity index (χ3v) is 1.60. The van der Waals surface area contributed by atoms with E-state index in [0.29, 0.717) is 12.5 Å². The molecule has 0 radical (unpaired) electrons. The van der Waals surface area contributed by atoms with Crippen LogP contribution in [-0.2, 0) is 6.54 Å². The highest BCUT2D eigenvalue weighted by Gasteiger charge is 2.06. The zero-order chi connectivity index (χ0) is 9.14. The summed E-state index contributed by atoms with van der Waals surface area (Å²) in [5.41, 5.74) is 5.29. The number of imidazole rings is 1. The van der Waals surface area contributed by atoms with Gasteiger partial charge in [0.2, 0.25) is 0 Å². The van der Waals surface area contributed by atoms with Crippen LogP contribution in [0.25, 0.3) is 0 Å². The van der Waals surface area contributed by atoms with Gasteiger partial charge in [-0.1, -0.05) is 13.8 Å². The monoisotopic (exact) mass is 166 g/mol. The second kappa shape index (κ2) is 3.38. The summed E-state index contributed by atoms with van der Waals surface area (Å²) in [7, 11) is 0. The quantitative estimate of drug-likeness (QED) is 0.518. The Balaban J connectivity index is 2.84. The SMILES string of the molecule is CC(C)c1nccn1CC(=N)N. The Hall–Kier alpha value is -1.32. The van der Waals surface area contributed by atoms with E-state index in [2.05, 4.69) is 18.8 Å². The van der Waals surface area contributed by atoms with Crippen LogP contribution in [0.5, 0.6) is 0 Å². The lowest BCUT2D eigenvalue weighted by atomic mass is 10.2. The highest BCUT2D eigenvalue weighted by Crippen LogP contribution is 2.10. The summed E-state index contributed by atoms with van der Waals surface area (Å²) in [5.74, 6) is 1.51. The lowest BCUT2D eigenvalue weighted by Crippen LogP contribution is -2.19. The molecule has 0 aliphatic heterocycles. The molecule has 0 bridgehead atoms. The Bertz CT molecular complexity index is 274. The third kappa shape index (κ3) is 1.84. The highest BCUT2D eigenvalue weighted by atomic mass is 15.1. The largest absolute Gasteiger partial charge is 0.386 e. The van der Waals surface area contributed by atoms with Crippen LogP contribution >= 0.6 is 0 Å². The summed E-state index contributed by atoms with van der Waals surface area (Å²) >= 11 is 0. The summed E-state index contributed by atoms with van der Waals surface area (Å²) < 4.78 is 1.90. The van der Waals surface area contributed by atoms with Gasteiger partial charge in [-0.05, 0) is 0 Å². The number of nitrogens with two attached hydrogens (primary N) is 1. The minimum atomic E-state index is 0.162. The molecule has 0 aliphatic carbocycles. The van der Waals surface area contributed by atoms with E-state index in [1.54, 1.807) is 6.20 Å². The van der Waals surface area contributed by atoms with Gasteiger partial charge in [-0.2, -0.15) is 0 Å². The van der Waals surface area contributed by atoms with Gasteiger partial charge in [0.1, 0.15) is 11.7 Å². The Kier molecular flexibility index (Phi) is 2.47. The Morgan fingerprint density at radius 1 is 1.75 bits per heavy atom. The summed E-state index contributed by atoms with van der Waals surface area (Å²) in [6.45, 7) is 4.57. The van der Waals surface area contributed by atoms with E-state index >= 15 is 0 Å². The van der Waals surface area contributed by atoms with Crippen molar-refractivity contribution in [3.63, 3.8) is 0 Å². The molecule has 66 valence electrons. The minimum Gasteiger partial charge on any atom is -0.386 e. The molecule has 0 aromatic carbocycles. The minimum absolute atomic E-state index is 0.162. The van der Waals surface area contributed by atoms with Crippen LogP contribution in [0.3, 0.4) is 0 Å². The molecule has 0 unspecified atom stereocenters. The molecule has 0 aliphatic rings. The van der Waals surface area contributed by atoms with E-state index < -0.39 is 0 Å². The molecule has 3 N–H and O–H groups in total. The Labute approximate surface area is 71.9 Å². The first kappa shape index (κ1) is 8.77. The van der Waals surface area contributed by atoms with Crippen molar-refractivity contribution in [2.75, 3.05) is 0 Å². The molecular formula is C8H14N4. The van der Waals surface area contributed by atoms with Gasteiger partial charge in [-0.15, -0.1) is 0 Å². The molecule has 0 saturated carbocycles. The van der Waals surface area contributed by atoms with E-state index in [9.17, 15) is 0 Å². The van der Waals surface area contributed by atoms with Crippen molar-refractivity contribution in [2.24, 2.45) is 5.73 Å². The number of nitrogens with one attached hydrogen (secondary N) is 1. The number of aromatic nitrogens is 2. The maximum absolute atomic E-state index is 7.14. The van der Waals surface area contributed by atoms with Crippen molar-refractivity contribution >= 4 is 5.84 Å². The average molecular weight is 166 g/mol. The second-order valence-corrected chi connectivity index (χ2v) is 3.09. The maximum Gasteiger partial charge on any atom is 0.111 e. The number of nitrogens with zero attached hydrogens (tertiary/aromatic N) is 2. The second-order valence-electron chi connectivity index (χ2n) is 3.09. The van der Waals surface area contributed by atoms with Gasteiger partial charge in [0.05, 0.1) is 6.54 Å². The fourth-order valence-electron chi connectivity index (χ4n) is 1.14. The molecule has 1 aromatic heterocycles. The summed E-state index contributed by atoms with van der Waals surface area (Å²) in [4.78, 5) is 4.18. The maximum atomic E-state index is 7.14. The lowest BCUT2D eigenvalue weighted by molar-refractivity contribution is 0.687. The summed E-state index contributed by atoms with van der Waals surface area (Å²) in [5, 5.41) is 7.14. The van der Waals surface area contributed by atoms with Crippen molar-refractivity contribution in [3.8, 4) is 0 Å². The van der Waals surface area contributed by atoms with Crippen LogP contribution in [0.4, 0.5) is 0 Å². The number of amidine groups is 1. The van der Waals surface area contributed by atoms with Crippen LogP contribution < -0.4 is 5.73 Å². The van der Waals surface area contributed by atoms with Crippen molar-refractivity contribution in [1.29, 1.82) is 5.41 Å². The van der Waals surface area contributed by atoms with Crippen molar-refractivity contribution in [2.45, 2.75) is 26.3 Å². The molecule has 1 heterocycles. The first-order valence-electron chi connectivity index (χ1n) is 3.95. The van der Waals surface area contributed by atoms with Gasteiger partial charge in [-0.3, -0.25) is 5.41 Å². The molecule has 12 heavy (non-hydrogen) atoms. The van der Waals surface area contributed by atoms with E-state index in [1.165, 1.54) is 0 Å². The standard InChI is InChI=1S/C8H14N4/c1-6(2)8-11-3-4-12(8)5-7(9)10/h3-4,6H,5H2,1-2H3,(H3,9,10). The molecule has 1 rings (SSSR count). The third-order valence-electron chi connectivity index (χ3n) is 1.60. The van der Waals surface area contributed by atoms with E-state index in [1.807, 2.05) is 10.8 Å². The summed E-state index contributed by atoms with van der Waals surface area (Å²) in [6.07, 6.45) is 3.58. The van der Waals surface area contributed by atoms with Crippen molar-refractivity contribution in [3.05, 3.63) is 18.2 Å². The first-order chi connectivity index (χ1) is 5.61. The smallest absolute Gasteiger partial charge is 0.111 e. The van der Waals surface area contributed by atoms with Crippen molar-refractivity contribution in [1.82, 2.24) is 9.55 Å². The van der Waals surface area contributed by atoms with E-state index in [-0.39, 0.29) is 5.84 Å². The number of hydrogen-bond acceptors (Lipinski definition) is 2. The number of hydrogen-bond donors (Lipinski definition) is 2. The molecule has 1 aromatic rings. The highest BCUT2D eigenvalue weighted by molar-refractivity contribution is 5.76. The lowest BCUT2D eigenvalue weighted by Gasteiger charge is -2.08. The first-order valence-corrected chi connectivity index (χ1v) is 3.95. The van der Waals surface area contributed by atoms with Crippen LogP contribution in [0.2, 0.25) is 0 Å². The molecule has 4 heteroatoms. The van der Waals surface area contributed by atoms with Gasteiger partial charge in [0.25, 0.3) is 0 Å².